The summed E-state index contributed by atoms with van der Waals surface area (Å²) in [5.74, 6) is -0.349. The molecule has 2 amide bonds. The van der Waals surface area contributed by atoms with Crippen molar-refractivity contribution >= 4 is 11.7 Å². The molecule has 1 unspecified atom stereocenters. The SMILES string of the molecule is COCC(C)(CNC(=O)Nc1ccc(F)cc1)OC. The van der Waals surface area contributed by atoms with E-state index in [1.165, 1.54) is 24.3 Å². The van der Waals surface area contributed by atoms with Crippen molar-refractivity contribution in [1.29, 1.82) is 0 Å². The van der Waals surface area contributed by atoms with E-state index in [0.29, 0.717) is 18.8 Å². The molecule has 0 spiro atoms. The minimum absolute atomic E-state index is 0.296. The molecule has 0 aliphatic carbocycles. The molecule has 0 aliphatic heterocycles. The highest BCUT2D eigenvalue weighted by Crippen LogP contribution is 2.09. The number of nitrogens with one attached hydrogen (secondary N) is 2. The molecule has 2 N–H and O–H groups in total. The quantitative estimate of drug-likeness (QED) is 0.831. The lowest BCUT2D eigenvalue weighted by Crippen LogP contribution is -2.46. The van der Waals surface area contributed by atoms with Gasteiger partial charge in [0.1, 0.15) is 11.4 Å². The fourth-order valence-electron chi connectivity index (χ4n) is 1.46. The van der Waals surface area contributed by atoms with E-state index in [1.807, 2.05) is 6.92 Å². The van der Waals surface area contributed by atoms with Gasteiger partial charge in [-0.05, 0) is 31.2 Å². The van der Waals surface area contributed by atoms with Crippen LogP contribution < -0.4 is 10.6 Å². The Bertz CT molecular complexity index is 411. The summed E-state index contributed by atoms with van der Waals surface area (Å²) in [5, 5.41) is 5.27. The van der Waals surface area contributed by atoms with Crippen LogP contribution in [0.1, 0.15) is 6.92 Å². The standard InChI is InChI=1S/C13H19FN2O3/c1-13(19-3,9-18-2)8-15-12(17)16-11-6-4-10(14)5-7-11/h4-7H,8-9H2,1-3H3,(H2,15,16,17). The van der Waals surface area contributed by atoms with Gasteiger partial charge in [-0.25, -0.2) is 9.18 Å². The number of ether oxygens (including phenoxy) is 2. The van der Waals surface area contributed by atoms with Gasteiger partial charge in [0.2, 0.25) is 0 Å². The molecule has 0 aromatic heterocycles. The molecule has 19 heavy (non-hydrogen) atoms. The Labute approximate surface area is 112 Å². The van der Waals surface area contributed by atoms with Crippen LogP contribution in [0.2, 0.25) is 0 Å². The van der Waals surface area contributed by atoms with Gasteiger partial charge in [0.05, 0.1) is 13.2 Å². The molecule has 5 nitrogen and oxygen atoms in total. The summed E-state index contributed by atoms with van der Waals surface area (Å²) in [5.41, 5.74) is -0.0701. The Morgan fingerprint density at radius 2 is 1.95 bits per heavy atom. The van der Waals surface area contributed by atoms with Crippen LogP contribution in [0.3, 0.4) is 0 Å². The molecule has 0 fully saturated rings. The number of halogens is 1. The first kappa shape index (κ1) is 15.4. The van der Waals surface area contributed by atoms with Gasteiger partial charge >= 0.3 is 6.03 Å². The fourth-order valence-corrected chi connectivity index (χ4v) is 1.46. The molecule has 106 valence electrons. The first-order valence-corrected chi connectivity index (χ1v) is 5.83. The number of hydrogen-bond acceptors (Lipinski definition) is 3. The molecule has 1 aromatic carbocycles. The van der Waals surface area contributed by atoms with Crippen molar-refractivity contribution in [3.8, 4) is 0 Å². The van der Waals surface area contributed by atoms with E-state index in [4.69, 9.17) is 9.47 Å². The van der Waals surface area contributed by atoms with Gasteiger partial charge in [0.25, 0.3) is 0 Å². The van der Waals surface area contributed by atoms with Crippen LogP contribution in [-0.2, 0) is 9.47 Å². The number of benzene rings is 1. The van der Waals surface area contributed by atoms with Gasteiger partial charge < -0.3 is 20.1 Å². The van der Waals surface area contributed by atoms with Crippen molar-refractivity contribution in [2.75, 3.05) is 32.7 Å². The second-order valence-corrected chi connectivity index (χ2v) is 4.40. The lowest BCUT2D eigenvalue weighted by atomic mass is 10.1. The van der Waals surface area contributed by atoms with Crippen molar-refractivity contribution < 1.29 is 18.7 Å². The van der Waals surface area contributed by atoms with E-state index < -0.39 is 5.60 Å². The molecule has 0 saturated heterocycles. The molecule has 0 radical (unpaired) electrons. The second kappa shape index (κ2) is 7.06. The Kier molecular flexibility index (Phi) is 5.72. The predicted octanol–water partition coefficient (Wildman–Crippen LogP) is 2.00. The summed E-state index contributed by atoms with van der Waals surface area (Å²) in [7, 11) is 3.12. The zero-order chi connectivity index (χ0) is 14.3. The van der Waals surface area contributed by atoms with Gasteiger partial charge in [-0.1, -0.05) is 0 Å². The highest BCUT2D eigenvalue weighted by atomic mass is 19.1. The van der Waals surface area contributed by atoms with Gasteiger partial charge in [-0.15, -0.1) is 0 Å². The number of carbonyl (C=O) groups is 1. The van der Waals surface area contributed by atoms with Crippen molar-refractivity contribution in [2.45, 2.75) is 12.5 Å². The molecular weight excluding hydrogens is 251 g/mol. The maximum Gasteiger partial charge on any atom is 0.319 e. The van der Waals surface area contributed by atoms with Crippen molar-refractivity contribution in [3.05, 3.63) is 30.1 Å². The summed E-state index contributed by atoms with van der Waals surface area (Å²) < 4.78 is 23.0. The largest absolute Gasteiger partial charge is 0.382 e. The Hall–Kier alpha value is -1.66. The predicted molar refractivity (Wildman–Crippen MR) is 70.7 cm³/mol. The summed E-state index contributed by atoms with van der Waals surface area (Å²) in [6.07, 6.45) is 0. The third-order valence-electron chi connectivity index (χ3n) is 2.67. The Morgan fingerprint density at radius 3 is 2.47 bits per heavy atom. The van der Waals surface area contributed by atoms with Gasteiger partial charge in [-0.2, -0.15) is 0 Å². The lowest BCUT2D eigenvalue weighted by Gasteiger charge is -2.27. The minimum atomic E-state index is -0.588. The van der Waals surface area contributed by atoms with Gasteiger partial charge in [0, 0.05) is 19.9 Å². The number of amides is 2. The third kappa shape index (κ3) is 5.23. The molecule has 0 saturated carbocycles. The van der Waals surface area contributed by atoms with E-state index in [-0.39, 0.29) is 11.8 Å². The first-order valence-electron chi connectivity index (χ1n) is 5.83. The number of carbonyl (C=O) groups excluding carboxylic acids is 1. The third-order valence-corrected chi connectivity index (χ3v) is 2.67. The van der Waals surface area contributed by atoms with Crippen LogP contribution in [0.25, 0.3) is 0 Å². The van der Waals surface area contributed by atoms with E-state index in [2.05, 4.69) is 10.6 Å². The maximum absolute atomic E-state index is 12.7. The fraction of sp³-hybridized carbons (Fsp3) is 0.462. The highest BCUT2D eigenvalue weighted by molar-refractivity contribution is 5.89. The van der Waals surface area contributed by atoms with E-state index in [9.17, 15) is 9.18 Å². The van der Waals surface area contributed by atoms with Crippen molar-refractivity contribution in [1.82, 2.24) is 5.32 Å². The molecule has 1 rings (SSSR count). The number of methoxy groups -OCH3 is 2. The zero-order valence-electron chi connectivity index (χ0n) is 11.3. The number of urea groups is 1. The van der Waals surface area contributed by atoms with E-state index in [0.717, 1.165) is 0 Å². The number of anilines is 1. The monoisotopic (exact) mass is 270 g/mol. The van der Waals surface area contributed by atoms with Crippen LogP contribution in [0.15, 0.2) is 24.3 Å². The summed E-state index contributed by atoms with van der Waals surface area (Å²) in [6, 6.07) is 5.14. The molecule has 1 atom stereocenters. The van der Waals surface area contributed by atoms with Gasteiger partial charge in [-0.3, -0.25) is 0 Å². The average Bonchev–Trinajstić information content (AvgIpc) is 2.40. The van der Waals surface area contributed by atoms with Gasteiger partial charge in [0.15, 0.2) is 0 Å². The number of hydrogen-bond donors (Lipinski definition) is 2. The average molecular weight is 270 g/mol. The molecule has 6 heteroatoms. The summed E-state index contributed by atoms with van der Waals surface area (Å²) in [6.45, 7) is 2.49. The topological polar surface area (TPSA) is 59.6 Å². The Balaban J connectivity index is 2.45. The lowest BCUT2D eigenvalue weighted by molar-refractivity contribution is -0.0472. The van der Waals surface area contributed by atoms with E-state index >= 15 is 0 Å². The number of rotatable bonds is 6. The smallest absolute Gasteiger partial charge is 0.319 e. The molecular formula is C13H19FN2O3. The first-order chi connectivity index (χ1) is 8.99. The van der Waals surface area contributed by atoms with Crippen molar-refractivity contribution in [2.24, 2.45) is 0 Å². The maximum atomic E-state index is 12.7. The van der Waals surface area contributed by atoms with Crippen LogP contribution in [0.4, 0.5) is 14.9 Å². The molecule has 1 aromatic rings. The second-order valence-electron chi connectivity index (χ2n) is 4.40. The normalized spacial score (nSPS) is 13.7. The van der Waals surface area contributed by atoms with Crippen LogP contribution in [0, 0.1) is 5.82 Å². The molecule has 0 heterocycles. The van der Waals surface area contributed by atoms with E-state index in [1.54, 1.807) is 14.2 Å². The van der Waals surface area contributed by atoms with Crippen LogP contribution in [-0.4, -0.2) is 39.0 Å². The minimum Gasteiger partial charge on any atom is -0.382 e. The summed E-state index contributed by atoms with van der Waals surface area (Å²) in [4.78, 5) is 11.7. The zero-order valence-corrected chi connectivity index (χ0v) is 11.3. The Morgan fingerprint density at radius 1 is 1.32 bits per heavy atom. The van der Waals surface area contributed by atoms with Crippen LogP contribution in [0.5, 0.6) is 0 Å². The van der Waals surface area contributed by atoms with Crippen molar-refractivity contribution in [3.63, 3.8) is 0 Å². The van der Waals surface area contributed by atoms with Crippen LogP contribution >= 0.6 is 0 Å². The molecule has 0 bridgehead atoms. The summed E-state index contributed by atoms with van der Waals surface area (Å²) >= 11 is 0. The highest BCUT2D eigenvalue weighted by Gasteiger charge is 2.24. The molecule has 0 aliphatic rings.